The molecular weight excluding hydrogens is 202 g/mol. The molecule has 0 aliphatic heterocycles. The SMILES string of the molecule is Cc1sc2ccccc2c1C1(C#N)CC1. The van der Waals surface area contributed by atoms with Crippen LogP contribution in [-0.4, -0.2) is 0 Å². The van der Waals surface area contributed by atoms with Crippen molar-refractivity contribution in [3.8, 4) is 6.07 Å². The van der Waals surface area contributed by atoms with Gasteiger partial charge in [0.05, 0.1) is 11.5 Å². The van der Waals surface area contributed by atoms with Crippen LogP contribution < -0.4 is 0 Å². The second-order valence-corrected chi connectivity index (χ2v) is 5.48. The van der Waals surface area contributed by atoms with Gasteiger partial charge in [-0.15, -0.1) is 11.3 Å². The van der Waals surface area contributed by atoms with Gasteiger partial charge in [-0.1, -0.05) is 18.2 Å². The summed E-state index contributed by atoms with van der Waals surface area (Å²) in [5.41, 5.74) is 1.15. The number of hydrogen-bond donors (Lipinski definition) is 0. The molecule has 1 aromatic carbocycles. The summed E-state index contributed by atoms with van der Waals surface area (Å²) in [6, 6.07) is 10.9. The average molecular weight is 213 g/mol. The molecule has 74 valence electrons. The molecule has 0 amide bonds. The van der Waals surface area contributed by atoms with E-state index in [9.17, 15) is 5.26 Å². The maximum atomic E-state index is 9.27. The van der Waals surface area contributed by atoms with E-state index < -0.39 is 0 Å². The average Bonchev–Trinajstić information content (AvgIpc) is 2.95. The monoisotopic (exact) mass is 213 g/mol. The van der Waals surface area contributed by atoms with Crippen molar-refractivity contribution in [2.75, 3.05) is 0 Å². The van der Waals surface area contributed by atoms with E-state index in [4.69, 9.17) is 0 Å². The number of hydrogen-bond acceptors (Lipinski definition) is 2. The summed E-state index contributed by atoms with van der Waals surface area (Å²) in [5.74, 6) is 0. The van der Waals surface area contributed by atoms with Gasteiger partial charge in [0.15, 0.2) is 0 Å². The Balaban J connectivity index is 2.35. The van der Waals surface area contributed by atoms with E-state index in [1.54, 1.807) is 0 Å². The first-order valence-electron chi connectivity index (χ1n) is 5.17. The number of nitrogens with zero attached hydrogens (tertiary/aromatic N) is 1. The molecule has 0 radical (unpaired) electrons. The molecular formula is C13H11NS. The molecule has 0 atom stereocenters. The first-order valence-corrected chi connectivity index (χ1v) is 5.98. The summed E-state index contributed by atoms with van der Waals surface area (Å²) in [4.78, 5) is 1.32. The van der Waals surface area contributed by atoms with Crippen LogP contribution in [0.3, 0.4) is 0 Å². The van der Waals surface area contributed by atoms with Crippen molar-refractivity contribution in [2.24, 2.45) is 0 Å². The quantitative estimate of drug-likeness (QED) is 0.707. The summed E-state index contributed by atoms with van der Waals surface area (Å²) in [5, 5.41) is 10.6. The molecule has 1 nitrogen and oxygen atoms in total. The fraction of sp³-hybridized carbons (Fsp3) is 0.308. The van der Waals surface area contributed by atoms with Crippen molar-refractivity contribution >= 4 is 21.4 Å². The van der Waals surface area contributed by atoms with E-state index >= 15 is 0 Å². The van der Waals surface area contributed by atoms with Gasteiger partial charge in [-0.3, -0.25) is 0 Å². The summed E-state index contributed by atoms with van der Waals surface area (Å²) >= 11 is 1.81. The highest BCUT2D eigenvalue weighted by molar-refractivity contribution is 7.19. The molecule has 0 saturated heterocycles. The minimum atomic E-state index is -0.149. The van der Waals surface area contributed by atoms with Crippen LogP contribution in [0.1, 0.15) is 23.3 Å². The lowest BCUT2D eigenvalue weighted by Gasteiger charge is -2.05. The molecule has 0 spiro atoms. The number of rotatable bonds is 1. The number of benzene rings is 1. The van der Waals surface area contributed by atoms with Gasteiger partial charge in [0.25, 0.3) is 0 Å². The number of fused-ring (bicyclic) bond motifs is 1. The molecule has 0 unspecified atom stereocenters. The summed E-state index contributed by atoms with van der Waals surface area (Å²) in [6.07, 6.45) is 2.07. The molecule has 2 aromatic rings. The van der Waals surface area contributed by atoms with Crippen LogP contribution in [0.2, 0.25) is 0 Å². The highest BCUT2D eigenvalue weighted by Crippen LogP contribution is 2.52. The van der Waals surface area contributed by atoms with Crippen LogP contribution in [0.15, 0.2) is 24.3 Å². The highest BCUT2D eigenvalue weighted by Gasteiger charge is 2.47. The summed E-state index contributed by atoms with van der Waals surface area (Å²) in [6.45, 7) is 2.14. The lowest BCUT2D eigenvalue weighted by atomic mass is 9.95. The van der Waals surface area contributed by atoms with Gasteiger partial charge in [-0.2, -0.15) is 5.26 Å². The van der Waals surface area contributed by atoms with Crippen molar-refractivity contribution < 1.29 is 0 Å². The Kier molecular flexibility index (Phi) is 1.69. The van der Waals surface area contributed by atoms with Gasteiger partial charge < -0.3 is 0 Å². The highest BCUT2D eigenvalue weighted by atomic mass is 32.1. The number of nitriles is 1. The predicted octanol–water partition coefficient (Wildman–Crippen LogP) is 3.76. The normalized spacial score (nSPS) is 17.6. The third kappa shape index (κ3) is 1.13. The second kappa shape index (κ2) is 2.84. The molecule has 1 aliphatic rings. The van der Waals surface area contributed by atoms with Gasteiger partial charge in [-0.25, -0.2) is 0 Å². The van der Waals surface area contributed by atoms with Gasteiger partial charge in [0.2, 0.25) is 0 Å². The smallest absolute Gasteiger partial charge is 0.0840 e. The molecule has 1 fully saturated rings. The summed E-state index contributed by atoms with van der Waals surface area (Å²) < 4.78 is 1.31. The number of aryl methyl sites for hydroxylation is 1. The van der Waals surface area contributed by atoms with Gasteiger partial charge in [0, 0.05) is 9.58 Å². The van der Waals surface area contributed by atoms with Crippen LogP contribution in [0.5, 0.6) is 0 Å². The van der Waals surface area contributed by atoms with E-state index in [1.165, 1.54) is 20.5 Å². The fourth-order valence-electron chi connectivity index (χ4n) is 2.31. The van der Waals surface area contributed by atoms with Crippen molar-refractivity contribution in [3.63, 3.8) is 0 Å². The third-order valence-electron chi connectivity index (χ3n) is 3.21. The Morgan fingerprint density at radius 1 is 1.33 bits per heavy atom. The first kappa shape index (κ1) is 8.94. The zero-order chi connectivity index (χ0) is 10.5. The Morgan fingerprint density at radius 2 is 2.07 bits per heavy atom. The van der Waals surface area contributed by atoms with Gasteiger partial charge in [-0.05, 0) is 36.8 Å². The molecule has 1 heterocycles. The minimum absolute atomic E-state index is 0.149. The van der Waals surface area contributed by atoms with Gasteiger partial charge >= 0.3 is 0 Å². The summed E-state index contributed by atoms with van der Waals surface area (Å²) in [7, 11) is 0. The first-order chi connectivity index (χ1) is 7.27. The lowest BCUT2D eigenvalue weighted by Crippen LogP contribution is -2.02. The molecule has 1 aromatic heterocycles. The molecule has 0 N–H and O–H groups in total. The minimum Gasteiger partial charge on any atom is -0.197 e. The lowest BCUT2D eigenvalue weighted by molar-refractivity contribution is 0.916. The third-order valence-corrected chi connectivity index (χ3v) is 4.30. The Labute approximate surface area is 93.0 Å². The van der Waals surface area contributed by atoms with Crippen molar-refractivity contribution in [1.82, 2.24) is 0 Å². The number of thiophene rings is 1. The largest absolute Gasteiger partial charge is 0.197 e. The van der Waals surface area contributed by atoms with E-state index in [1.807, 2.05) is 11.3 Å². The Hall–Kier alpha value is -1.33. The van der Waals surface area contributed by atoms with E-state index in [0.29, 0.717) is 0 Å². The maximum absolute atomic E-state index is 9.27. The van der Waals surface area contributed by atoms with Crippen LogP contribution in [0.4, 0.5) is 0 Å². The predicted molar refractivity (Wildman–Crippen MR) is 63.1 cm³/mol. The van der Waals surface area contributed by atoms with E-state index in [-0.39, 0.29) is 5.41 Å². The molecule has 2 heteroatoms. The zero-order valence-electron chi connectivity index (χ0n) is 8.58. The van der Waals surface area contributed by atoms with Gasteiger partial charge in [0.1, 0.15) is 0 Å². The standard InChI is InChI=1S/C13H11NS/c1-9-12(13(8-14)6-7-13)10-4-2-3-5-11(10)15-9/h2-5H,6-7H2,1H3. The van der Waals surface area contributed by atoms with Crippen LogP contribution in [0, 0.1) is 18.3 Å². The second-order valence-electron chi connectivity index (χ2n) is 4.22. The fourth-order valence-corrected chi connectivity index (χ4v) is 3.47. The van der Waals surface area contributed by atoms with E-state index in [0.717, 1.165) is 12.8 Å². The Morgan fingerprint density at radius 3 is 2.73 bits per heavy atom. The van der Waals surface area contributed by atoms with Crippen LogP contribution in [-0.2, 0) is 5.41 Å². The molecule has 1 aliphatic carbocycles. The van der Waals surface area contributed by atoms with Crippen molar-refractivity contribution in [1.29, 1.82) is 5.26 Å². The van der Waals surface area contributed by atoms with Crippen molar-refractivity contribution in [3.05, 3.63) is 34.7 Å². The zero-order valence-corrected chi connectivity index (χ0v) is 9.40. The van der Waals surface area contributed by atoms with Crippen molar-refractivity contribution in [2.45, 2.75) is 25.2 Å². The molecule has 15 heavy (non-hydrogen) atoms. The van der Waals surface area contributed by atoms with Crippen LogP contribution in [0.25, 0.3) is 10.1 Å². The Bertz CT molecular complexity index is 570. The topological polar surface area (TPSA) is 23.8 Å². The molecule has 0 bridgehead atoms. The van der Waals surface area contributed by atoms with E-state index in [2.05, 4.69) is 37.3 Å². The maximum Gasteiger partial charge on any atom is 0.0840 e. The molecule has 1 saturated carbocycles. The van der Waals surface area contributed by atoms with Crippen LogP contribution >= 0.6 is 11.3 Å². The molecule has 3 rings (SSSR count).